The zero-order valence-corrected chi connectivity index (χ0v) is 33.5. The Kier molecular flexibility index (Phi) is 7.18. The highest BCUT2D eigenvalue weighted by Gasteiger charge is 2.92. The lowest BCUT2D eigenvalue weighted by Crippen LogP contribution is -2.76. The van der Waals surface area contributed by atoms with E-state index >= 15 is 19.2 Å². The van der Waals surface area contributed by atoms with Crippen molar-refractivity contribution in [1.29, 1.82) is 0 Å². The topological polar surface area (TPSA) is 166 Å². The molecule has 0 saturated carbocycles. The molecule has 2 spiro atoms. The van der Waals surface area contributed by atoms with E-state index in [0.29, 0.717) is 22.5 Å². The Hall–Kier alpha value is -1.75. The van der Waals surface area contributed by atoms with Crippen molar-refractivity contribution in [3.05, 3.63) is 59.7 Å². The third-order valence-corrected chi connectivity index (χ3v) is 25.3. The summed E-state index contributed by atoms with van der Waals surface area (Å²) in [4.78, 5) is 59.6. The number of para-hydroxylation sites is 2. The molecular weight excluding hydrogens is 805 g/mol. The summed E-state index contributed by atoms with van der Waals surface area (Å²) in [7, 11) is 11.4. The van der Waals surface area contributed by atoms with Crippen LogP contribution in [0.1, 0.15) is 25.0 Å². The van der Waals surface area contributed by atoms with E-state index in [1.54, 1.807) is 7.05 Å². The van der Waals surface area contributed by atoms with E-state index in [1.807, 2.05) is 62.4 Å². The zero-order chi connectivity index (χ0) is 36.5. The van der Waals surface area contributed by atoms with E-state index in [4.69, 9.17) is 0 Å². The standard InChI is InChI=1S/C32H32N6O7S7/c1-14(2)30-26(45)38-22-29(16-10-6-8-12-18(16)34-22,20(41)32(38,48-50-47-30)25(44)36(30)4)28-15-9-5-7-11-17(15)33-21(28)37-23(42)27(13-39)35(3)24(43)31(37,19(28)40)49-52-51-46-27/h5-12,14,19-22,33-34,39-41H,13H2,1-4H3/t19-,20-,21-,22+,27+,28?,29+,30+,31?,32?/m0/s1. The maximum Gasteiger partial charge on any atom is 0.265 e. The largest absolute Gasteiger partial charge is 0.392 e. The van der Waals surface area contributed by atoms with Gasteiger partial charge in [0, 0.05) is 25.5 Å². The van der Waals surface area contributed by atoms with E-state index < -0.39 is 79.2 Å². The van der Waals surface area contributed by atoms with Crippen LogP contribution in [0.3, 0.4) is 0 Å². The minimum absolute atomic E-state index is 0.324. The Morgan fingerprint density at radius 1 is 0.673 bits per heavy atom. The van der Waals surface area contributed by atoms with Crippen molar-refractivity contribution in [3.63, 3.8) is 0 Å². The lowest BCUT2D eigenvalue weighted by molar-refractivity contribution is -0.169. The van der Waals surface area contributed by atoms with Gasteiger partial charge in [0.05, 0.1) is 17.4 Å². The number of benzene rings is 2. The molecule has 0 aromatic heterocycles. The number of amides is 4. The molecule has 12 rings (SSSR count). The van der Waals surface area contributed by atoms with Gasteiger partial charge in [-0.15, -0.1) is 0 Å². The lowest BCUT2D eigenvalue weighted by Gasteiger charge is -2.54. The van der Waals surface area contributed by atoms with Gasteiger partial charge in [-0.05, 0) is 102 Å². The van der Waals surface area contributed by atoms with Gasteiger partial charge >= 0.3 is 0 Å². The first-order valence-corrected chi connectivity index (χ1v) is 24.8. The fourth-order valence-corrected chi connectivity index (χ4v) is 24.5. The highest BCUT2D eigenvalue weighted by atomic mass is 33.7. The average Bonchev–Trinajstić information content (AvgIpc) is 3.72. The van der Waals surface area contributed by atoms with Gasteiger partial charge in [-0.1, -0.05) is 50.2 Å². The fraction of sp³-hybridized carbons (Fsp3) is 0.500. The molecule has 10 heterocycles. The second kappa shape index (κ2) is 10.8. The minimum Gasteiger partial charge on any atom is -0.392 e. The van der Waals surface area contributed by atoms with Gasteiger partial charge in [0.2, 0.25) is 14.6 Å². The maximum absolute atomic E-state index is 15.4. The van der Waals surface area contributed by atoms with Gasteiger partial charge < -0.3 is 35.8 Å². The van der Waals surface area contributed by atoms with Gasteiger partial charge in [0.15, 0.2) is 4.87 Å². The molecule has 52 heavy (non-hydrogen) atoms. The summed E-state index contributed by atoms with van der Waals surface area (Å²) in [6.07, 6.45) is -5.68. The number of hydrogen-bond acceptors (Lipinski definition) is 16. The van der Waals surface area contributed by atoms with Crippen molar-refractivity contribution < 1.29 is 34.5 Å². The number of rotatable bonds is 3. The normalized spacial score (nSPS) is 43.8. The van der Waals surface area contributed by atoms with Crippen LogP contribution in [0, 0.1) is 5.92 Å². The molecule has 5 N–H and O–H groups in total. The Morgan fingerprint density at radius 3 is 1.69 bits per heavy atom. The van der Waals surface area contributed by atoms with Crippen LogP contribution in [0.25, 0.3) is 0 Å². The molecule has 274 valence electrons. The molecule has 4 bridgehead atoms. The highest BCUT2D eigenvalue weighted by molar-refractivity contribution is 9.26. The Bertz CT molecular complexity index is 2040. The van der Waals surface area contributed by atoms with E-state index in [2.05, 4.69) is 10.6 Å². The predicted molar refractivity (Wildman–Crippen MR) is 208 cm³/mol. The molecule has 8 fully saturated rings. The number of piperazine rings is 2. The van der Waals surface area contributed by atoms with E-state index in [0.717, 1.165) is 32.4 Å². The number of fused-ring (bicyclic) bond motifs is 14. The third kappa shape index (κ3) is 3.21. The number of hydrogen-bond donors (Lipinski definition) is 5. The van der Waals surface area contributed by atoms with E-state index in [-0.39, 0.29) is 11.8 Å². The second-order valence-electron chi connectivity index (χ2n) is 14.5. The Morgan fingerprint density at radius 2 is 1.15 bits per heavy atom. The first-order chi connectivity index (χ1) is 24.8. The second-order valence-corrected chi connectivity index (χ2v) is 25.0. The van der Waals surface area contributed by atoms with Crippen LogP contribution in [0.5, 0.6) is 0 Å². The summed E-state index contributed by atoms with van der Waals surface area (Å²) in [6.45, 7) is 3.12. The first-order valence-electron chi connectivity index (χ1n) is 16.5. The smallest absolute Gasteiger partial charge is 0.265 e. The van der Waals surface area contributed by atoms with Crippen molar-refractivity contribution in [3.8, 4) is 0 Å². The van der Waals surface area contributed by atoms with Crippen molar-refractivity contribution >= 4 is 108 Å². The van der Waals surface area contributed by atoms with Crippen LogP contribution < -0.4 is 10.6 Å². The van der Waals surface area contributed by atoms with Gasteiger partial charge in [-0.3, -0.25) is 29.0 Å². The van der Waals surface area contributed by atoms with Gasteiger partial charge in [0.25, 0.3) is 23.6 Å². The van der Waals surface area contributed by atoms with Crippen molar-refractivity contribution in [2.24, 2.45) is 5.92 Å². The average molecular weight is 837 g/mol. The quantitative estimate of drug-likeness (QED) is 0.287. The number of carbonyl (C=O) groups is 4. The molecule has 13 nitrogen and oxygen atoms in total. The van der Waals surface area contributed by atoms with Crippen LogP contribution in [-0.4, -0.2) is 123 Å². The minimum atomic E-state index is -1.94. The summed E-state index contributed by atoms with van der Waals surface area (Å²) in [5.41, 5.74) is -1.25. The van der Waals surface area contributed by atoms with E-state index in [1.165, 1.54) is 66.9 Å². The molecule has 3 unspecified atom stereocenters. The van der Waals surface area contributed by atoms with Crippen LogP contribution >= 0.6 is 72.7 Å². The summed E-state index contributed by atoms with van der Waals surface area (Å²) >= 11 is 0. The number of aliphatic hydroxyl groups is 3. The third-order valence-electron chi connectivity index (χ3n) is 12.7. The fourth-order valence-electron chi connectivity index (χ4n) is 10.5. The number of carbonyl (C=O) groups excluding carboxylic acids is 4. The summed E-state index contributed by atoms with van der Waals surface area (Å²) in [5, 5.41) is 45.3. The molecule has 10 atom stereocenters. The highest BCUT2D eigenvalue weighted by Crippen LogP contribution is 2.78. The zero-order valence-electron chi connectivity index (χ0n) is 27.8. The monoisotopic (exact) mass is 836 g/mol. The van der Waals surface area contributed by atoms with Gasteiger partial charge in [-0.25, -0.2) is 0 Å². The SMILES string of the molecule is CC(C)[C@]12SSSC3(C(=O)N1C)[C@@H](O)[C@]1(C45c6ccccc6N[C@H]4N4C(=O)[C@@]6(CO)SSSSC4(C(=O)N6C)[C@H]5O)c4ccccc4N[C@@H]1N3C2=O. The van der Waals surface area contributed by atoms with Crippen LogP contribution in [0.2, 0.25) is 0 Å². The molecule has 10 aliphatic rings. The molecular formula is C32H32N6O7S7. The van der Waals surface area contributed by atoms with Crippen LogP contribution in [-0.2, 0) is 30.0 Å². The molecule has 2 aromatic rings. The van der Waals surface area contributed by atoms with Gasteiger partial charge in [-0.2, -0.15) is 0 Å². The number of aliphatic hydroxyl groups excluding tert-OH is 3. The summed E-state index contributed by atoms with van der Waals surface area (Å²) in [6, 6.07) is 14.6. The first kappa shape index (κ1) is 34.7. The molecule has 0 radical (unpaired) electrons. The molecule has 8 saturated heterocycles. The van der Waals surface area contributed by atoms with Gasteiger partial charge in [0.1, 0.15) is 24.5 Å². The number of nitrogens with zero attached hydrogens (tertiary/aromatic N) is 4. The van der Waals surface area contributed by atoms with Crippen molar-refractivity contribution in [1.82, 2.24) is 19.6 Å². The molecule has 4 amide bonds. The number of nitrogens with one attached hydrogen (secondary N) is 2. The summed E-state index contributed by atoms with van der Waals surface area (Å²) in [5.74, 6) is -2.28. The molecule has 20 heteroatoms. The molecule has 0 aliphatic carbocycles. The molecule has 2 aromatic carbocycles. The Balaban J connectivity index is 1.34. The molecule has 10 aliphatic heterocycles. The van der Waals surface area contributed by atoms with Crippen LogP contribution in [0.4, 0.5) is 11.4 Å². The van der Waals surface area contributed by atoms with Crippen LogP contribution in [0.15, 0.2) is 48.5 Å². The van der Waals surface area contributed by atoms with E-state index in [9.17, 15) is 15.3 Å². The number of anilines is 2. The summed E-state index contributed by atoms with van der Waals surface area (Å²) < 4.78 is 0. The maximum atomic E-state index is 15.4. The predicted octanol–water partition coefficient (Wildman–Crippen LogP) is 2.88. The number of likely N-dealkylation sites (N-methyl/N-ethyl adjacent to an activating group) is 2. The Labute approximate surface area is 325 Å². The van der Waals surface area contributed by atoms with Crippen molar-refractivity contribution in [2.45, 2.75) is 68.7 Å². The van der Waals surface area contributed by atoms with Crippen molar-refractivity contribution in [2.75, 3.05) is 31.3 Å². The lowest BCUT2D eigenvalue weighted by atomic mass is 9.52.